The van der Waals surface area contributed by atoms with E-state index in [1.165, 1.54) is 19.3 Å². The van der Waals surface area contributed by atoms with Gasteiger partial charge in [0.2, 0.25) is 0 Å². The summed E-state index contributed by atoms with van der Waals surface area (Å²) in [7, 11) is 0. The Hall–Kier alpha value is -2.24. The lowest BCUT2D eigenvalue weighted by molar-refractivity contribution is -0.0136. The van der Waals surface area contributed by atoms with Gasteiger partial charge in [-0.3, -0.25) is 0 Å². The largest absolute Gasteiger partial charge is 0.337 e. The first kappa shape index (κ1) is 15.3. The highest BCUT2D eigenvalue weighted by Gasteiger charge is 2.51. The lowest BCUT2D eigenvalue weighted by Gasteiger charge is -2.56. The zero-order valence-electron chi connectivity index (χ0n) is 13.7. The summed E-state index contributed by atoms with van der Waals surface area (Å²) >= 11 is 0. The summed E-state index contributed by atoms with van der Waals surface area (Å²) in [6.07, 6.45) is 7.26. The Balaban J connectivity index is 1.27. The standard InChI is InChI=1S/C18H24N4O2/c23-16(19-15-4-2-1-3-5-15)21-22-17(24)20-18-9-12-6-13(10-18)8-14(7-12)11-18/h1-5,12-14H,6-11H2,(H2,19,21,23)(H2,20,22,24). The Kier molecular flexibility index (Phi) is 3.82. The van der Waals surface area contributed by atoms with Crippen LogP contribution in [0.15, 0.2) is 30.3 Å². The molecule has 0 aromatic heterocycles. The van der Waals surface area contributed by atoms with Crippen LogP contribution in [-0.4, -0.2) is 17.6 Å². The molecule has 4 bridgehead atoms. The van der Waals surface area contributed by atoms with Crippen molar-refractivity contribution >= 4 is 17.7 Å². The van der Waals surface area contributed by atoms with Gasteiger partial charge in [-0.2, -0.15) is 0 Å². The molecule has 4 amide bonds. The maximum Gasteiger partial charge on any atom is 0.337 e. The molecule has 0 saturated heterocycles. The van der Waals surface area contributed by atoms with Crippen molar-refractivity contribution in [2.75, 3.05) is 5.32 Å². The van der Waals surface area contributed by atoms with Gasteiger partial charge >= 0.3 is 12.1 Å². The fourth-order valence-corrected chi connectivity index (χ4v) is 5.33. The second-order valence-electron chi connectivity index (χ2n) is 7.72. The molecular weight excluding hydrogens is 304 g/mol. The molecule has 6 nitrogen and oxygen atoms in total. The second-order valence-corrected chi connectivity index (χ2v) is 7.72. The second kappa shape index (κ2) is 6.00. The van der Waals surface area contributed by atoms with Crippen molar-refractivity contribution in [1.29, 1.82) is 0 Å². The Bertz CT molecular complexity index is 596. The van der Waals surface area contributed by atoms with E-state index in [4.69, 9.17) is 0 Å². The summed E-state index contributed by atoms with van der Waals surface area (Å²) in [4.78, 5) is 24.0. The molecule has 4 fully saturated rings. The van der Waals surface area contributed by atoms with Crippen molar-refractivity contribution in [2.24, 2.45) is 17.8 Å². The number of carbonyl (C=O) groups is 2. The van der Waals surface area contributed by atoms with E-state index in [2.05, 4.69) is 21.5 Å². The van der Waals surface area contributed by atoms with E-state index in [0.717, 1.165) is 37.0 Å². The van der Waals surface area contributed by atoms with Crippen LogP contribution in [0.4, 0.5) is 15.3 Å². The minimum atomic E-state index is -0.457. The third kappa shape index (κ3) is 3.18. The molecule has 0 unspecified atom stereocenters. The summed E-state index contributed by atoms with van der Waals surface area (Å²) in [6, 6.07) is 8.35. The van der Waals surface area contributed by atoms with Gasteiger partial charge < -0.3 is 10.6 Å². The topological polar surface area (TPSA) is 82.3 Å². The molecule has 24 heavy (non-hydrogen) atoms. The number of urea groups is 2. The van der Waals surface area contributed by atoms with Gasteiger partial charge in [0, 0.05) is 11.2 Å². The van der Waals surface area contributed by atoms with Gasteiger partial charge in [-0.1, -0.05) is 18.2 Å². The van der Waals surface area contributed by atoms with Gasteiger partial charge in [-0.15, -0.1) is 0 Å². The molecule has 1 aromatic carbocycles. The monoisotopic (exact) mass is 328 g/mol. The SMILES string of the molecule is O=C(NNC(=O)NC12CC3CC(CC(C3)C1)C2)Nc1ccccc1. The highest BCUT2D eigenvalue weighted by Crippen LogP contribution is 2.55. The lowest BCUT2D eigenvalue weighted by atomic mass is 9.53. The number of rotatable bonds is 2. The number of hydrogen-bond donors (Lipinski definition) is 4. The first-order valence-corrected chi connectivity index (χ1v) is 8.80. The molecule has 4 aliphatic rings. The first-order chi connectivity index (χ1) is 11.6. The maximum absolute atomic E-state index is 12.2. The van der Waals surface area contributed by atoms with Gasteiger partial charge in [-0.05, 0) is 68.4 Å². The molecule has 0 radical (unpaired) electrons. The Morgan fingerprint density at radius 2 is 1.38 bits per heavy atom. The van der Waals surface area contributed by atoms with Crippen molar-refractivity contribution in [1.82, 2.24) is 16.2 Å². The number of carbonyl (C=O) groups excluding carboxylic acids is 2. The summed E-state index contributed by atoms with van der Waals surface area (Å²) in [5.41, 5.74) is 5.49. The number of hydrogen-bond acceptors (Lipinski definition) is 2. The van der Waals surface area contributed by atoms with Crippen LogP contribution in [0, 0.1) is 17.8 Å². The molecule has 6 heteroatoms. The fourth-order valence-electron chi connectivity index (χ4n) is 5.33. The van der Waals surface area contributed by atoms with Crippen LogP contribution < -0.4 is 21.5 Å². The average Bonchev–Trinajstić information content (AvgIpc) is 2.52. The number of para-hydroxylation sites is 1. The van der Waals surface area contributed by atoms with E-state index in [1.807, 2.05) is 18.2 Å². The van der Waals surface area contributed by atoms with Gasteiger partial charge in [0.15, 0.2) is 0 Å². The summed E-state index contributed by atoms with van der Waals surface area (Å²) in [6.45, 7) is 0. The first-order valence-electron chi connectivity index (χ1n) is 8.80. The van der Waals surface area contributed by atoms with Crippen LogP contribution in [0.2, 0.25) is 0 Å². The van der Waals surface area contributed by atoms with E-state index < -0.39 is 6.03 Å². The van der Waals surface area contributed by atoms with Crippen molar-refractivity contribution in [3.8, 4) is 0 Å². The van der Waals surface area contributed by atoms with E-state index in [9.17, 15) is 9.59 Å². The highest BCUT2D eigenvalue weighted by atomic mass is 16.2. The molecule has 0 heterocycles. The minimum absolute atomic E-state index is 0.0591. The third-order valence-electron chi connectivity index (χ3n) is 5.74. The Morgan fingerprint density at radius 3 is 1.96 bits per heavy atom. The van der Waals surface area contributed by atoms with Crippen molar-refractivity contribution in [2.45, 2.75) is 44.1 Å². The van der Waals surface area contributed by atoms with Crippen molar-refractivity contribution in [3.63, 3.8) is 0 Å². The molecule has 1 aromatic rings. The molecule has 5 rings (SSSR count). The van der Waals surface area contributed by atoms with E-state index in [-0.39, 0.29) is 11.6 Å². The molecule has 0 aliphatic heterocycles. The number of nitrogens with one attached hydrogen (secondary N) is 4. The van der Waals surface area contributed by atoms with E-state index in [1.54, 1.807) is 12.1 Å². The van der Waals surface area contributed by atoms with Crippen molar-refractivity contribution in [3.05, 3.63) is 30.3 Å². The molecule has 128 valence electrons. The van der Waals surface area contributed by atoms with Crippen LogP contribution >= 0.6 is 0 Å². The van der Waals surface area contributed by atoms with Crippen LogP contribution in [0.25, 0.3) is 0 Å². The normalized spacial score (nSPS) is 32.9. The summed E-state index contributed by atoms with van der Waals surface area (Å²) < 4.78 is 0. The smallest absolute Gasteiger partial charge is 0.331 e. The van der Waals surface area contributed by atoms with Crippen LogP contribution in [0.3, 0.4) is 0 Å². The summed E-state index contributed by atoms with van der Waals surface area (Å²) in [5, 5.41) is 5.82. The third-order valence-corrected chi connectivity index (χ3v) is 5.74. The maximum atomic E-state index is 12.2. The molecule has 4 saturated carbocycles. The molecule has 4 aliphatic carbocycles. The average molecular weight is 328 g/mol. The zero-order valence-corrected chi connectivity index (χ0v) is 13.7. The van der Waals surface area contributed by atoms with Crippen LogP contribution in [0.5, 0.6) is 0 Å². The quantitative estimate of drug-likeness (QED) is 0.630. The number of benzene rings is 1. The number of anilines is 1. The minimum Gasteiger partial charge on any atom is -0.331 e. The van der Waals surface area contributed by atoms with E-state index in [0.29, 0.717) is 5.69 Å². The molecule has 0 atom stereocenters. The Labute approximate surface area is 141 Å². The predicted octanol–water partition coefficient (Wildman–Crippen LogP) is 2.99. The number of amides is 4. The van der Waals surface area contributed by atoms with E-state index >= 15 is 0 Å². The lowest BCUT2D eigenvalue weighted by Crippen LogP contribution is -2.63. The van der Waals surface area contributed by atoms with Gasteiger partial charge in [0.1, 0.15) is 0 Å². The van der Waals surface area contributed by atoms with Gasteiger partial charge in [0.05, 0.1) is 0 Å². The van der Waals surface area contributed by atoms with Gasteiger partial charge in [-0.25, -0.2) is 20.4 Å². The summed E-state index contributed by atoms with van der Waals surface area (Å²) in [5.74, 6) is 2.31. The predicted molar refractivity (Wildman–Crippen MR) is 91.2 cm³/mol. The van der Waals surface area contributed by atoms with Crippen molar-refractivity contribution < 1.29 is 9.59 Å². The zero-order chi connectivity index (χ0) is 16.6. The fraction of sp³-hybridized carbons (Fsp3) is 0.556. The molecule has 0 spiro atoms. The highest BCUT2D eigenvalue weighted by molar-refractivity contribution is 5.90. The van der Waals surface area contributed by atoms with Crippen LogP contribution in [-0.2, 0) is 0 Å². The Morgan fingerprint density at radius 1 is 0.833 bits per heavy atom. The van der Waals surface area contributed by atoms with Gasteiger partial charge in [0.25, 0.3) is 0 Å². The molecule has 4 N–H and O–H groups in total. The number of hydrazine groups is 1. The molecular formula is C18H24N4O2. The van der Waals surface area contributed by atoms with Crippen LogP contribution in [0.1, 0.15) is 38.5 Å².